The fourth-order valence-corrected chi connectivity index (χ4v) is 3.60. The lowest BCUT2D eigenvalue weighted by molar-refractivity contribution is 0.0743. The Labute approximate surface area is 126 Å². The van der Waals surface area contributed by atoms with Crippen LogP contribution in [0.1, 0.15) is 36.0 Å². The first kappa shape index (κ1) is 14.4. The number of fused-ring (bicyclic) bond motifs is 1. The zero-order chi connectivity index (χ0) is 14.7. The number of ether oxygens (including phenoxy) is 1. The molecule has 0 aromatic heterocycles. The lowest BCUT2D eigenvalue weighted by Gasteiger charge is -2.24. The van der Waals surface area contributed by atoms with Crippen molar-refractivity contribution < 1.29 is 9.53 Å². The van der Waals surface area contributed by atoms with Crippen LogP contribution in [0.3, 0.4) is 0 Å². The number of nitrogens with zero attached hydrogens (tertiary/aromatic N) is 1. The number of amides is 1. The molecule has 1 fully saturated rings. The molecule has 114 valence electrons. The molecule has 21 heavy (non-hydrogen) atoms. The summed E-state index contributed by atoms with van der Waals surface area (Å²) >= 11 is 0. The topological polar surface area (TPSA) is 41.6 Å². The van der Waals surface area contributed by atoms with Crippen molar-refractivity contribution in [2.24, 2.45) is 5.92 Å². The van der Waals surface area contributed by atoms with Crippen molar-refractivity contribution in [3.05, 3.63) is 29.8 Å². The Morgan fingerprint density at radius 1 is 1.33 bits per heavy atom. The van der Waals surface area contributed by atoms with Crippen molar-refractivity contribution in [3.63, 3.8) is 0 Å². The molecule has 1 heterocycles. The van der Waals surface area contributed by atoms with E-state index in [0.29, 0.717) is 30.7 Å². The summed E-state index contributed by atoms with van der Waals surface area (Å²) < 4.78 is 5.69. The van der Waals surface area contributed by atoms with Crippen LogP contribution in [-0.4, -0.2) is 43.6 Å². The smallest absolute Gasteiger partial charge is 0.257 e. The summed E-state index contributed by atoms with van der Waals surface area (Å²) in [7, 11) is 2.05. The molecule has 0 saturated heterocycles. The lowest BCUT2D eigenvalue weighted by Crippen LogP contribution is -2.36. The lowest BCUT2D eigenvalue weighted by atomic mass is 9.99. The zero-order valence-corrected chi connectivity index (χ0v) is 12.7. The maximum absolute atomic E-state index is 12.6. The molecule has 4 nitrogen and oxygen atoms in total. The molecule has 2 atom stereocenters. The quantitative estimate of drug-likeness (QED) is 0.924. The van der Waals surface area contributed by atoms with E-state index < -0.39 is 0 Å². The number of carbonyl (C=O) groups excluding carboxylic acids is 1. The molecule has 1 amide bonds. The van der Waals surface area contributed by atoms with Crippen molar-refractivity contribution in [2.45, 2.75) is 31.7 Å². The normalized spacial score (nSPS) is 25.4. The minimum absolute atomic E-state index is 0.113. The zero-order valence-electron chi connectivity index (χ0n) is 12.7. The number of benzene rings is 1. The van der Waals surface area contributed by atoms with Crippen molar-refractivity contribution in [3.8, 4) is 5.75 Å². The van der Waals surface area contributed by atoms with E-state index in [9.17, 15) is 4.79 Å². The Bertz CT molecular complexity index is 503. The maximum atomic E-state index is 12.6. The van der Waals surface area contributed by atoms with Gasteiger partial charge in [0.1, 0.15) is 12.4 Å². The van der Waals surface area contributed by atoms with Gasteiger partial charge in [-0.25, -0.2) is 0 Å². The van der Waals surface area contributed by atoms with Gasteiger partial charge in [0.25, 0.3) is 5.91 Å². The van der Waals surface area contributed by atoms with Crippen LogP contribution < -0.4 is 10.1 Å². The number of nitrogens with one attached hydrogen (secondary N) is 1. The monoisotopic (exact) mass is 288 g/mol. The van der Waals surface area contributed by atoms with E-state index in [1.165, 1.54) is 19.3 Å². The molecule has 2 unspecified atom stereocenters. The van der Waals surface area contributed by atoms with Gasteiger partial charge in [-0.15, -0.1) is 0 Å². The van der Waals surface area contributed by atoms with Crippen LogP contribution in [0.15, 0.2) is 24.3 Å². The summed E-state index contributed by atoms with van der Waals surface area (Å²) in [6.07, 6.45) is 4.93. The molecule has 1 saturated carbocycles. The molecule has 1 aromatic rings. The van der Waals surface area contributed by atoms with Gasteiger partial charge in [0, 0.05) is 12.6 Å². The summed E-state index contributed by atoms with van der Waals surface area (Å²) in [6, 6.07) is 8.18. The van der Waals surface area contributed by atoms with Crippen LogP contribution in [0, 0.1) is 5.92 Å². The van der Waals surface area contributed by atoms with Gasteiger partial charge < -0.3 is 15.0 Å². The number of carbonyl (C=O) groups is 1. The van der Waals surface area contributed by atoms with Gasteiger partial charge in [-0.1, -0.05) is 18.6 Å². The Kier molecular flexibility index (Phi) is 4.44. The van der Waals surface area contributed by atoms with Crippen LogP contribution in [0.5, 0.6) is 5.75 Å². The average molecular weight is 288 g/mol. The molecule has 1 aliphatic heterocycles. The molecular formula is C17H24N2O2. The second-order valence-electron chi connectivity index (χ2n) is 6.01. The van der Waals surface area contributed by atoms with E-state index in [0.717, 1.165) is 18.7 Å². The largest absolute Gasteiger partial charge is 0.491 e. The van der Waals surface area contributed by atoms with E-state index >= 15 is 0 Å². The SMILES string of the molecule is CNC1CCCC1CCN1CCOc2ccccc2C1=O. The highest BCUT2D eigenvalue weighted by Gasteiger charge is 2.28. The first-order valence-electron chi connectivity index (χ1n) is 7.98. The van der Waals surface area contributed by atoms with Gasteiger partial charge in [0.15, 0.2) is 0 Å². The molecule has 1 aliphatic carbocycles. The first-order valence-corrected chi connectivity index (χ1v) is 7.98. The predicted octanol–water partition coefficient (Wildman–Crippen LogP) is 2.30. The predicted molar refractivity (Wildman–Crippen MR) is 82.6 cm³/mol. The summed E-state index contributed by atoms with van der Waals surface area (Å²) in [6.45, 7) is 2.10. The number of rotatable bonds is 4. The molecule has 0 spiro atoms. The Hall–Kier alpha value is -1.55. The highest BCUT2D eigenvalue weighted by Crippen LogP contribution is 2.29. The third-order valence-electron chi connectivity index (χ3n) is 4.82. The van der Waals surface area contributed by atoms with E-state index in [4.69, 9.17) is 4.74 Å². The van der Waals surface area contributed by atoms with E-state index in [1.54, 1.807) is 0 Å². The highest BCUT2D eigenvalue weighted by atomic mass is 16.5. The first-order chi connectivity index (χ1) is 10.3. The van der Waals surface area contributed by atoms with Crippen LogP contribution in [0.2, 0.25) is 0 Å². The molecule has 0 radical (unpaired) electrons. The number of hydrogen-bond donors (Lipinski definition) is 1. The van der Waals surface area contributed by atoms with Crippen molar-refractivity contribution in [2.75, 3.05) is 26.7 Å². The van der Waals surface area contributed by atoms with Gasteiger partial charge in [-0.2, -0.15) is 0 Å². The molecule has 4 heteroatoms. The van der Waals surface area contributed by atoms with E-state index in [2.05, 4.69) is 5.32 Å². The molecule has 1 N–H and O–H groups in total. The van der Waals surface area contributed by atoms with Crippen molar-refractivity contribution in [1.29, 1.82) is 0 Å². The number of para-hydroxylation sites is 1. The fraction of sp³-hybridized carbons (Fsp3) is 0.588. The molecule has 3 rings (SSSR count). The van der Waals surface area contributed by atoms with Crippen LogP contribution in [0.25, 0.3) is 0 Å². The summed E-state index contributed by atoms with van der Waals surface area (Å²) in [5.41, 5.74) is 0.701. The van der Waals surface area contributed by atoms with Gasteiger partial charge in [-0.3, -0.25) is 4.79 Å². The minimum atomic E-state index is 0.113. The second kappa shape index (κ2) is 6.48. The molecule has 0 bridgehead atoms. The summed E-state index contributed by atoms with van der Waals surface area (Å²) in [5.74, 6) is 1.53. The highest BCUT2D eigenvalue weighted by molar-refractivity contribution is 5.97. The minimum Gasteiger partial charge on any atom is -0.491 e. The fourth-order valence-electron chi connectivity index (χ4n) is 3.60. The van der Waals surface area contributed by atoms with Crippen molar-refractivity contribution in [1.82, 2.24) is 10.2 Å². The maximum Gasteiger partial charge on any atom is 0.257 e. The molecule has 1 aromatic carbocycles. The molecule has 2 aliphatic rings. The third kappa shape index (κ3) is 3.05. The standard InChI is InChI=1S/C17H24N2O2/c1-18-15-7-4-5-13(15)9-10-19-11-12-21-16-8-3-2-6-14(16)17(19)20/h2-3,6,8,13,15,18H,4-5,7,9-12H2,1H3. The summed E-state index contributed by atoms with van der Waals surface area (Å²) in [4.78, 5) is 14.6. The van der Waals surface area contributed by atoms with Crippen LogP contribution in [0.4, 0.5) is 0 Å². The average Bonchev–Trinajstić information content (AvgIpc) is 2.91. The summed E-state index contributed by atoms with van der Waals surface area (Å²) in [5, 5.41) is 3.41. The van der Waals surface area contributed by atoms with Gasteiger partial charge >= 0.3 is 0 Å². The van der Waals surface area contributed by atoms with Crippen molar-refractivity contribution >= 4 is 5.91 Å². The number of hydrogen-bond acceptors (Lipinski definition) is 3. The van der Waals surface area contributed by atoms with E-state index in [1.807, 2.05) is 36.2 Å². The third-order valence-corrected chi connectivity index (χ3v) is 4.82. The Morgan fingerprint density at radius 2 is 2.19 bits per heavy atom. The van der Waals surface area contributed by atoms with Gasteiger partial charge in [0.2, 0.25) is 0 Å². The van der Waals surface area contributed by atoms with Crippen LogP contribution in [-0.2, 0) is 0 Å². The molecular weight excluding hydrogens is 264 g/mol. The van der Waals surface area contributed by atoms with Gasteiger partial charge in [0.05, 0.1) is 12.1 Å². The Morgan fingerprint density at radius 3 is 3.05 bits per heavy atom. The van der Waals surface area contributed by atoms with Gasteiger partial charge in [-0.05, 0) is 44.4 Å². The van der Waals surface area contributed by atoms with E-state index in [-0.39, 0.29) is 5.91 Å². The second-order valence-corrected chi connectivity index (χ2v) is 6.01. The van der Waals surface area contributed by atoms with Crippen LogP contribution >= 0.6 is 0 Å². The Balaban J connectivity index is 1.65.